The lowest BCUT2D eigenvalue weighted by molar-refractivity contribution is -0.141. The van der Waals surface area contributed by atoms with E-state index in [2.05, 4.69) is 15.1 Å². The molecule has 3 heterocycles. The first-order valence-electron chi connectivity index (χ1n) is 9.42. The lowest BCUT2D eigenvalue weighted by Gasteiger charge is -2.10. The van der Waals surface area contributed by atoms with Gasteiger partial charge in [0.25, 0.3) is 6.43 Å². The Morgan fingerprint density at radius 3 is 2.41 bits per heavy atom. The zero-order valence-electron chi connectivity index (χ0n) is 17.1. The predicted octanol–water partition coefficient (Wildman–Crippen LogP) is 4.36. The van der Waals surface area contributed by atoms with Gasteiger partial charge in [-0.2, -0.15) is 23.3 Å². The van der Waals surface area contributed by atoms with Crippen molar-refractivity contribution in [2.45, 2.75) is 25.4 Å². The molecule has 15 heteroatoms. The molecule has 0 radical (unpaired) electrons. The average Bonchev–Trinajstić information content (AvgIpc) is 3.33. The van der Waals surface area contributed by atoms with Crippen LogP contribution in [0.15, 0.2) is 36.5 Å². The summed E-state index contributed by atoms with van der Waals surface area (Å²) in [5.41, 5.74) is -1.17. The molecular formula is C19H14ClF6N7O. The van der Waals surface area contributed by atoms with E-state index in [0.29, 0.717) is 10.1 Å². The third kappa shape index (κ3) is 4.20. The molecule has 4 rings (SSSR count). The van der Waals surface area contributed by atoms with E-state index in [9.17, 15) is 26.3 Å². The van der Waals surface area contributed by atoms with Crippen molar-refractivity contribution < 1.29 is 31.1 Å². The maximum Gasteiger partial charge on any atom is 0.435 e. The molecule has 8 nitrogen and oxygen atoms in total. The van der Waals surface area contributed by atoms with Crippen LogP contribution >= 0.6 is 11.6 Å². The van der Waals surface area contributed by atoms with E-state index in [0.717, 1.165) is 21.5 Å². The molecule has 0 aliphatic heterocycles. The molecule has 0 saturated carbocycles. The smallest absolute Gasteiger partial charge is 0.435 e. The summed E-state index contributed by atoms with van der Waals surface area (Å²) in [6, 6.07) is 6.69. The summed E-state index contributed by atoms with van der Waals surface area (Å²) >= 11 is 5.80. The fourth-order valence-electron chi connectivity index (χ4n) is 3.33. The first-order chi connectivity index (χ1) is 16.0. The van der Waals surface area contributed by atoms with Crippen LogP contribution in [0.5, 0.6) is 5.88 Å². The van der Waals surface area contributed by atoms with Gasteiger partial charge in [-0.15, -0.1) is 0 Å². The van der Waals surface area contributed by atoms with Crippen LogP contribution in [0.2, 0.25) is 5.28 Å². The van der Waals surface area contributed by atoms with Gasteiger partial charge in [0.2, 0.25) is 23.1 Å². The number of halogens is 7. The highest BCUT2D eigenvalue weighted by Crippen LogP contribution is 2.32. The highest BCUT2D eigenvalue weighted by atomic mass is 35.5. The lowest BCUT2D eigenvalue weighted by Crippen LogP contribution is -2.29. The van der Waals surface area contributed by atoms with Gasteiger partial charge in [-0.05, 0) is 29.3 Å². The van der Waals surface area contributed by atoms with Crippen molar-refractivity contribution in [1.29, 1.82) is 5.41 Å². The second kappa shape index (κ2) is 8.66. The molecule has 1 unspecified atom stereocenters. The molecule has 180 valence electrons. The van der Waals surface area contributed by atoms with Crippen molar-refractivity contribution >= 4 is 22.8 Å². The molecule has 0 aliphatic carbocycles. The number of rotatable bonds is 6. The van der Waals surface area contributed by atoms with Crippen LogP contribution in [0.4, 0.5) is 26.3 Å². The Labute approximate surface area is 191 Å². The minimum absolute atomic E-state index is 0.0408. The maximum atomic E-state index is 14.2. The van der Waals surface area contributed by atoms with Crippen molar-refractivity contribution in [3.63, 3.8) is 0 Å². The van der Waals surface area contributed by atoms with Gasteiger partial charge in [-0.25, -0.2) is 22.8 Å². The van der Waals surface area contributed by atoms with Crippen molar-refractivity contribution in [3.05, 3.63) is 58.7 Å². The third-order valence-electron chi connectivity index (χ3n) is 4.87. The fraction of sp³-hybridized carbons (Fsp3) is 0.263. The Bertz CT molecular complexity index is 1390. The summed E-state index contributed by atoms with van der Waals surface area (Å²) in [7, 11) is 1.20. The summed E-state index contributed by atoms with van der Waals surface area (Å²) in [5.74, 6) is -0.140. The molecule has 0 saturated heterocycles. The van der Waals surface area contributed by atoms with Crippen molar-refractivity contribution in [2.75, 3.05) is 7.11 Å². The zero-order valence-corrected chi connectivity index (χ0v) is 17.8. The highest BCUT2D eigenvalue weighted by molar-refractivity contribution is 6.28. The first-order valence-corrected chi connectivity index (χ1v) is 9.79. The first kappa shape index (κ1) is 23.6. The summed E-state index contributed by atoms with van der Waals surface area (Å²) in [5, 5.41) is 11.5. The van der Waals surface area contributed by atoms with Crippen LogP contribution in [0.25, 0.3) is 16.9 Å². The predicted molar refractivity (Wildman–Crippen MR) is 107 cm³/mol. The molecule has 1 aromatic carbocycles. The van der Waals surface area contributed by atoms with Crippen molar-refractivity contribution in [1.82, 2.24) is 28.9 Å². The normalized spacial score (nSPS) is 13.1. The largest absolute Gasteiger partial charge is 0.481 e. The van der Waals surface area contributed by atoms with E-state index in [4.69, 9.17) is 21.7 Å². The Morgan fingerprint density at radius 1 is 1.15 bits per heavy atom. The quantitative estimate of drug-likeness (QED) is 0.312. The van der Waals surface area contributed by atoms with Crippen LogP contribution in [0.1, 0.15) is 17.6 Å². The number of hydrogen-bond donors (Lipinski definition) is 1. The third-order valence-corrected chi connectivity index (χ3v) is 5.05. The molecule has 34 heavy (non-hydrogen) atoms. The Morgan fingerprint density at radius 2 is 1.82 bits per heavy atom. The number of hydrogen-bond acceptors (Lipinski definition) is 5. The molecule has 1 N–H and O–H groups in total. The Kier molecular flexibility index (Phi) is 6.02. The summed E-state index contributed by atoms with van der Waals surface area (Å²) < 4.78 is 86.8. The number of nitrogens with zero attached hydrogens (tertiary/aromatic N) is 6. The molecule has 1 atom stereocenters. The number of methoxy groups -OCH3 is 1. The van der Waals surface area contributed by atoms with Crippen LogP contribution in [-0.4, -0.2) is 42.4 Å². The molecule has 0 fully saturated rings. The second-order valence-corrected chi connectivity index (χ2v) is 7.32. The molecule has 0 amide bonds. The Balaban J connectivity index is 1.72. The van der Waals surface area contributed by atoms with Gasteiger partial charge in [0.1, 0.15) is 5.52 Å². The maximum absolute atomic E-state index is 14.2. The van der Waals surface area contributed by atoms with E-state index in [1.807, 2.05) is 0 Å². The molecule has 3 aromatic heterocycles. The standard InChI is InChI=1S/C19H14ClF6N7O/c1-34-13-6-12(19(24,25)26)30-33(13)10-4-2-9(3-5-10)8-31-16-11(7-28-17(20)29-16)32(18(31)27)15(23)14(21)22/h2-7,14-15,27H,8H2,1H3. The summed E-state index contributed by atoms with van der Waals surface area (Å²) in [4.78, 5) is 7.61. The molecule has 0 bridgehead atoms. The number of imidazole rings is 1. The van der Waals surface area contributed by atoms with Gasteiger partial charge in [-0.1, -0.05) is 12.1 Å². The number of benzene rings is 1. The number of nitrogens with one attached hydrogen (secondary N) is 1. The van der Waals surface area contributed by atoms with E-state index in [-0.39, 0.29) is 34.6 Å². The average molecular weight is 506 g/mol. The zero-order chi connectivity index (χ0) is 24.8. The number of ether oxygens (including phenoxy) is 1. The van der Waals surface area contributed by atoms with E-state index < -0.39 is 30.2 Å². The van der Waals surface area contributed by atoms with Gasteiger partial charge in [0, 0.05) is 6.07 Å². The van der Waals surface area contributed by atoms with Crippen LogP contribution in [0, 0.1) is 5.41 Å². The molecule has 4 aromatic rings. The topological polar surface area (TPSA) is 86.5 Å². The fourth-order valence-corrected chi connectivity index (χ4v) is 3.46. The van der Waals surface area contributed by atoms with Gasteiger partial charge in [-0.3, -0.25) is 14.5 Å². The summed E-state index contributed by atoms with van der Waals surface area (Å²) in [6.45, 7) is -0.101. The number of aromatic nitrogens is 6. The van der Waals surface area contributed by atoms with Gasteiger partial charge >= 0.3 is 6.18 Å². The number of fused-ring (bicyclic) bond motifs is 1. The second-order valence-electron chi connectivity index (χ2n) is 6.98. The molecular weight excluding hydrogens is 492 g/mol. The minimum atomic E-state index is -4.66. The van der Waals surface area contributed by atoms with Crippen LogP contribution in [0.3, 0.4) is 0 Å². The molecule has 0 spiro atoms. The van der Waals surface area contributed by atoms with E-state index in [1.165, 1.54) is 31.4 Å². The Hall–Kier alpha value is -3.55. The molecule has 0 aliphatic rings. The van der Waals surface area contributed by atoms with Crippen LogP contribution in [-0.2, 0) is 12.7 Å². The minimum Gasteiger partial charge on any atom is -0.481 e. The van der Waals surface area contributed by atoms with Crippen LogP contribution < -0.4 is 10.4 Å². The van der Waals surface area contributed by atoms with Gasteiger partial charge in [0.15, 0.2) is 11.3 Å². The van der Waals surface area contributed by atoms with E-state index >= 15 is 0 Å². The van der Waals surface area contributed by atoms with Crippen molar-refractivity contribution in [2.24, 2.45) is 0 Å². The number of alkyl halides is 6. The van der Waals surface area contributed by atoms with Crippen molar-refractivity contribution in [3.8, 4) is 11.6 Å². The van der Waals surface area contributed by atoms with E-state index in [1.54, 1.807) is 0 Å². The lowest BCUT2D eigenvalue weighted by atomic mass is 10.2. The summed E-state index contributed by atoms with van der Waals surface area (Å²) in [6.07, 6.45) is -9.82. The van der Waals surface area contributed by atoms with Gasteiger partial charge < -0.3 is 4.74 Å². The SMILES string of the molecule is COc1cc(C(F)(F)F)nn1-c1ccc(Cn2c(=N)n(C(F)C(F)F)c3cnc(Cl)nc32)cc1. The highest BCUT2D eigenvalue weighted by Gasteiger charge is 2.35. The van der Waals surface area contributed by atoms with Gasteiger partial charge in [0.05, 0.1) is 25.5 Å². The monoisotopic (exact) mass is 505 g/mol.